The summed E-state index contributed by atoms with van der Waals surface area (Å²) >= 11 is 3.31. The number of rotatable bonds is 2. The molecular weight excluding hydrogens is 154 g/mol. The molecule has 1 nitrogen and oxygen atoms in total. The van der Waals surface area contributed by atoms with Crippen LogP contribution in [0.5, 0.6) is 0 Å². The molecule has 0 aromatic heterocycles. The van der Waals surface area contributed by atoms with Gasteiger partial charge >= 0.3 is 0 Å². The molecule has 0 radical (unpaired) electrons. The Morgan fingerprint density at radius 3 is 2.00 bits per heavy atom. The molecule has 0 saturated heterocycles. The average molecular weight is 166 g/mol. The zero-order valence-electron chi connectivity index (χ0n) is 4.87. The number of halogens is 1. The first-order valence-corrected chi connectivity index (χ1v) is 3.53. The van der Waals surface area contributed by atoms with E-state index in [-0.39, 0.29) is 5.54 Å². The van der Waals surface area contributed by atoms with Crippen LogP contribution < -0.4 is 5.73 Å². The van der Waals surface area contributed by atoms with Crippen LogP contribution in [0.1, 0.15) is 20.3 Å². The van der Waals surface area contributed by atoms with E-state index in [9.17, 15) is 0 Å². The highest BCUT2D eigenvalue weighted by Crippen LogP contribution is 2.04. The van der Waals surface area contributed by atoms with Crippen molar-refractivity contribution in [1.29, 1.82) is 0 Å². The Bertz CT molecular complexity index is 46.5. The smallest absolute Gasteiger partial charge is 0.0105 e. The fourth-order valence-corrected chi connectivity index (χ4v) is 1.27. The standard InChI is InChI=1S/C5H12BrN/c1-5(2,7)3-4-6/h3-4,7H2,1-2H3. The van der Waals surface area contributed by atoms with Crippen molar-refractivity contribution < 1.29 is 0 Å². The molecule has 7 heavy (non-hydrogen) atoms. The van der Waals surface area contributed by atoms with Gasteiger partial charge in [-0.05, 0) is 20.3 Å². The molecule has 0 aliphatic carbocycles. The maximum atomic E-state index is 5.62. The molecule has 0 aromatic carbocycles. The van der Waals surface area contributed by atoms with Gasteiger partial charge < -0.3 is 5.73 Å². The molecular formula is C5H12BrN. The topological polar surface area (TPSA) is 26.0 Å². The fourth-order valence-electron chi connectivity index (χ4n) is 0.244. The van der Waals surface area contributed by atoms with Crippen LogP contribution in [0.3, 0.4) is 0 Å². The van der Waals surface area contributed by atoms with Crippen LogP contribution in [-0.2, 0) is 0 Å². The van der Waals surface area contributed by atoms with Crippen molar-refractivity contribution in [2.24, 2.45) is 5.73 Å². The van der Waals surface area contributed by atoms with Crippen LogP contribution in [0.15, 0.2) is 0 Å². The highest BCUT2D eigenvalue weighted by atomic mass is 79.9. The van der Waals surface area contributed by atoms with Gasteiger partial charge in [0.25, 0.3) is 0 Å². The molecule has 0 atom stereocenters. The summed E-state index contributed by atoms with van der Waals surface area (Å²) in [6, 6.07) is 0. The SMILES string of the molecule is CC(C)(N)CCBr. The fraction of sp³-hybridized carbons (Fsp3) is 1.00. The predicted molar refractivity (Wildman–Crippen MR) is 36.7 cm³/mol. The van der Waals surface area contributed by atoms with E-state index in [4.69, 9.17) is 5.73 Å². The van der Waals surface area contributed by atoms with Gasteiger partial charge in [0.05, 0.1) is 0 Å². The lowest BCUT2D eigenvalue weighted by atomic mass is 10.1. The maximum Gasteiger partial charge on any atom is 0.0105 e. The van der Waals surface area contributed by atoms with Crippen molar-refractivity contribution in [3.05, 3.63) is 0 Å². The summed E-state index contributed by atoms with van der Waals surface area (Å²) in [6.45, 7) is 4.04. The zero-order chi connectivity index (χ0) is 5.91. The Morgan fingerprint density at radius 1 is 1.57 bits per heavy atom. The lowest BCUT2D eigenvalue weighted by Gasteiger charge is -2.15. The Balaban J connectivity index is 3.15. The molecule has 0 heterocycles. The quantitative estimate of drug-likeness (QED) is 0.618. The van der Waals surface area contributed by atoms with Crippen LogP contribution in [0.25, 0.3) is 0 Å². The molecule has 0 spiro atoms. The van der Waals surface area contributed by atoms with Crippen molar-refractivity contribution in [1.82, 2.24) is 0 Å². The van der Waals surface area contributed by atoms with Crippen molar-refractivity contribution >= 4 is 15.9 Å². The molecule has 0 aliphatic heterocycles. The van der Waals surface area contributed by atoms with Gasteiger partial charge in [-0.2, -0.15) is 0 Å². The largest absolute Gasteiger partial charge is 0.326 e. The van der Waals surface area contributed by atoms with Crippen molar-refractivity contribution in [2.75, 3.05) is 5.33 Å². The lowest BCUT2D eigenvalue weighted by molar-refractivity contribution is 0.507. The molecule has 0 saturated carbocycles. The Kier molecular flexibility index (Phi) is 2.84. The van der Waals surface area contributed by atoms with Crippen molar-refractivity contribution in [3.63, 3.8) is 0 Å². The van der Waals surface area contributed by atoms with Crippen molar-refractivity contribution in [3.8, 4) is 0 Å². The summed E-state index contributed by atoms with van der Waals surface area (Å²) in [5.74, 6) is 0. The first-order valence-electron chi connectivity index (χ1n) is 2.41. The van der Waals surface area contributed by atoms with Crippen LogP contribution >= 0.6 is 15.9 Å². The summed E-state index contributed by atoms with van der Waals surface area (Å²) in [5.41, 5.74) is 5.62. The molecule has 0 fully saturated rings. The average Bonchev–Trinajstić information content (AvgIpc) is 1.30. The van der Waals surface area contributed by atoms with Gasteiger partial charge in [0, 0.05) is 10.9 Å². The molecule has 0 rings (SSSR count). The molecule has 0 unspecified atom stereocenters. The normalized spacial score (nSPS) is 12.0. The van der Waals surface area contributed by atoms with Gasteiger partial charge in [-0.15, -0.1) is 0 Å². The first-order chi connectivity index (χ1) is 3.06. The second kappa shape index (κ2) is 2.68. The molecule has 0 aromatic rings. The summed E-state index contributed by atoms with van der Waals surface area (Å²) < 4.78 is 0. The van der Waals surface area contributed by atoms with Crippen LogP contribution in [0, 0.1) is 0 Å². The molecule has 0 bridgehead atoms. The second-order valence-corrected chi connectivity index (χ2v) is 3.22. The molecule has 44 valence electrons. The Hall–Kier alpha value is 0.440. The van der Waals surface area contributed by atoms with Crippen LogP contribution in [-0.4, -0.2) is 10.9 Å². The summed E-state index contributed by atoms with van der Waals surface area (Å²) in [6.07, 6.45) is 1.03. The van der Waals surface area contributed by atoms with E-state index >= 15 is 0 Å². The van der Waals surface area contributed by atoms with E-state index < -0.39 is 0 Å². The van der Waals surface area contributed by atoms with E-state index in [0.717, 1.165) is 11.8 Å². The van der Waals surface area contributed by atoms with Crippen LogP contribution in [0.2, 0.25) is 0 Å². The maximum absolute atomic E-state index is 5.62. The third kappa shape index (κ3) is 6.44. The summed E-state index contributed by atoms with van der Waals surface area (Å²) in [4.78, 5) is 0. The number of hydrogen-bond donors (Lipinski definition) is 1. The predicted octanol–water partition coefficient (Wildman–Crippen LogP) is 1.51. The van der Waals surface area contributed by atoms with E-state index in [1.807, 2.05) is 13.8 Å². The Morgan fingerprint density at radius 2 is 2.00 bits per heavy atom. The monoisotopic (exact) mass is 165 g/mol. The van der Waals surface area contributed by atoms with Gasteiger partial charge in [-0.25, -0.2) is 0 Å². The highest BCUT2D eigenvalue weighted by Gasteiger charge is 2.06. The summed E-state index contributed by atoms with van der Waals surface area (Å²) in [5, 5.41) is 0.997. The number of hydrogen-bond acceptors (Lipinski definition) is 1. The van der Waals surface area contributed by atoms with Gasteiger partial charge in [0.15, 0.2) is 0 Å². The van der Waals surface area contributed by atoms with E-state index in [1.54, 1.807) is 0 Å². The summed E-state index contributed by atoms with van der Waals surface area (Å²) in [7, 11) is 0. The third-order valence-electron chi connectivity index (χ3n) is 0.739. The minimum absolute atomic E-state index is 0.00347. The van der Waals surface area contributed by atoms with E-state index in [2.05, 4.69) is 15.9 Å². The molecule has 0 amide bonds. The minimum atomic E-state index is 0.00347. The van der Waals surface area contributed by atoms with Gasteiger partial charge in [0.2, 0.25) is 0 Å². The van der Waals surface area contributed by atoms with Gasteiger partial charge in [-0.1, -0.05) is 15.9 Å². The highest BCUT2D eigenvalue weighted by molar-refractivity contribution is 9.09. The van der Waals surface area contributed by atoms with Crippen molar-refractivity contribution in [2.45, 2.75) is 25.8 Å². The second-order valence-electron chi connectivity index (χ2n) is 2.43. The van der Waals surface area contributed by atoms with E-state index in [1.165, 1.54) is 0 Å². The number of nitrogens with two attached hydrogens (primary N) is 1. The molecule has 2 N–H and O–H groups in total. The van der Waals surface area contributed by atoms with Gasteiger partial charge in [0.1, 0.15) is 0 Å². The van der Waals surface area contributed by atoms with Gasteiger partial charge in [-0.3, -0.25) is 0 Å². The van der Waals surface area contributed by atoms with E-state index in [0.29, 0.717) is 0 Å². The minimum Gasteiger partial charge on any atom is -0.326 e. The molecule has 0 aliphatic rings. The number of alkyl halides is 1. The molecule has 2 heteroatoms. The lowest BCUT2D eigenvalue weighted by Crippen LogP contribution is -2.31. The zero-order valence-corrected chi connectivity index (χ0v) is 6.46. The van der Waals surface area contributed by atoms with Crippen LogP contribution in [0.4, 0.5) is 0 Å². The third-order valence-corrected chi connectivity index (χ3v) is 1.14. The first kappa shape index (κ1) is 7.44. The Labute approximate surface area is 53.4 Å².